The number of pyridine rings is 1. The molecule has 28 heavy (non-hydrogen) atoms. The van der Waals surface area contributed by atoms with Gasteiger partial charge in [0.05, 0.1) is 13.2 Å². The smallest absolute Gasteiger partial charge is 0.191 e. The summed E-state index contributed by atoms with van der Waals surface area (Å²) in [5.74, 6) is 2.87. The predicted molar refractivity (Wildman–Crippen MR) is 127 cm³/mol. The van der Waals surface area contributed by atoms with Crippen LogP contribution in [0.15, 0.2) is 23.3 Å². The molecule has 1 aromatic heterocycles. The number of aliphatic imine (C=N–C) groups is 1. The molecule has 0 atom stereocenters. The second-order valence-electron chi connectivity index (χ2n) is 7.58. The number of halogens is 1. The summed E-state index contributed by atoms with van der Waals surface area (Å²) in [6, 6.07) is 4.14. The molecule has 2 fully saturated rings. The molecular formula is C21H36IN5O. The van der Waals surface area contributed by atoms with Crippen LogP contribution >= 0.6 is 24.0 Å². The third kappa shape index (κ3) is 7.39. The number of hydrogen-bond donors (Lipinski definition) is 2. The first-order valence-corrected chi connectivity index (χ1v) is 10.6. The number of nitrogens with zero attached hydrogens (tertiary/aromatic N) is 3. The van der Waals surface area contributed by atoms with Gasteiger partial charge in [-0.05, 0) is 24.8 Å². The molecule has 2 aliphatic rings. The predicted octanol–water partition coefficient (Wildman–Crippen LogP) is 3.56. The molecule has 1 aromatic rings. The molecule has 1 aliphatic heterocycles. The summed E-state index contributed by atoms with van der Waals surface area (Å²) in [6.45, 7) is 5.06. The van der Waals surface area contributed by atoms with Crippen LogP contribution in [0.1, 0.15) is 50.5 Å². The summed E-state index contributed by atoms with van der Waals surface area (Å²) in [4.78, 5) is 11.3. The minimum atomic E-state index is 0. The van der Waals surface area contributed by atoms with Gasteiger partial charge in [0.2, 0.25) is 0 Å². The Bertz CT molecular complexity index is 586. The number of rotatable bonds is 7. The lowest BCUT2D eigenvalue weighted by Crippen LogP contribution is -2.39. The maximum atomic E-state index is 5.46. The summed E-state index contributed by atoms with van der Waals surface area (Å²) in [5, 5.41) is 6.91. The molecule has 0 amide bonds. The molecule has 1 saturated heterocycles. The quantitative estimate of drug-likeness (QED) is 0.259. The van der Waals surface area contributed by atoms with E-state index >= 15 is 0 Å². The molecule has 0 radical (unpaired) electrons. The molecule has 3 rings (SSSR count). The largest absolute Gasteiger partial charge is 0.378 e. The van der Waals surface area contributed by atoms with E-state index in [4.69, 9.17) is 4.74 Å². The molecular weight excluding hydrogens is 465 g/mol. The summed E-state index contributed by atoms with van der Waals surface area (Å²) < 4.78 is 5.46. The van der Waals surface area contributed by atoms with E-state index in [-0.39, 0.29) is 24.0 Å². The lowest BCUT2D eigenvalue weighted by atomic mass is 9.86. The van der Waals surface area contributed by atoms with Crippen LogP contribution in [0.4, 0.5) is 5.82 Å². The second kappa shape index (κ2) is 13.2. The lowest BCUT2D eigenvalue weighted by Gasteiger charge is -2.29. The van der Waals surface area contributed by atoms with Crippen molar-refractivity contribution in [2.24, 2.45) is 10.9 Å². The first kappa shape index (κ1) is 23.2. The van der Waals surface area contributed by atoms with E-state index in [1.54, 1.807) is 0 Å². The maximum absolute atomic E-state index is 5.46. The number of nitrogens with one attached hydrogen (secondary N) is 2. The van der Waals surface area contributed by atoms with Crippen LogP contribution in [-0.2, 0) is 11.3 Å². The van der Waals surface area contributed by atoms with Crippen molar-refractivity contribution in [2.45, 2.75) is 51.5 Å². The van der Waals surface area contributed by atoms with Crippen molar-refractivity contribution >= 4 is 35.8 Å². The minimum absolute atomic E-state index is 0. The third-order valence-electron chi connectivity index (χ3n) is 5.65. The zero-order chi connectivity index (χ0) is 18.7. The zero-order valence-corrected chi connectivity index (χ0v) is 19.5. The molecule has 1 saturated carbocycles. The summed E-state index contributed by atoms with van der Waals surface area (Å²) in [7, 11) is 1.84. The van der Waals surface area contributed by atoms with Gasteiger partial charge in [-0.15, -0.1) is 24.0 Å². The molecule has 0 spiro atoms. The summed E-state index contributed by atoms with van der Waals surface area (Å²) >= 11 is 0. The Morgan fingerprint density at radius 2 is 2.00 bits per heavy atom. The van der Waals surface area contributed by atoms with E-state index < -0.39 is 0 Å². The van der Waals surface area contributed by atoms with Crippen LogP contribution in [0, 0.1) is 5.92 Å². The SMILES string of the molecule is CN=C(NCCCC1CCCCC1)NCc1cccnc1N1CCOCC1.I. The van der Waals surface area contributed by atoms with Crippen LogP contribution in [0.3, 0.4) is 0 Å². The lowest BCUT2D eigenvalue weighted by molar-refractivity contribution is 0.122. The van der Waals surface area contributed by atoms with Crippen LogP contribution in [0.2, 0.25) is 0 Å². The fourth-order valence-electron chi connectivity index (χ4n) is 4.10. The molecule has 0 unspecified atom stereocenters. The summed E-state index contributed by atoms with van der Waals surface area (Å²) in [5.41, 5.74) is 1.20. The minimum Gasteiger partial charge on any atom is -0.378 e. The van der Waals surface area contributed by atoms with Crippen LogP contribution in [0.5, 0.6) is 0 Å². The zero-order valence-electron chi connectivity index (χ0n) is 17.2. The van der Waals surface area contributed by atoms with Crippen molar-refractivity contribution in [1.29, 1.82) is 0 Å². The second-order valence-corrected chi connectivity index (χ2v) is 7.58. The Labute approximate surface area is 186 Å². The molecule has 6 nitrogen and oxygen atoms in total. The Balaban J connectivity index is 0.00000280. The highest BCUT2D eigenvalue weighted by Crippen LogP contribution is 2.26. The highest BCUT2D eigenvalue weighted by molar-refractivity contribution is 14.0. The first-order chi connectivity index (χ1) is 13.4. The monoisotopic (exact) mass is 501 g/mol. The number of guanidine groups is 1. The number of morpholine rings is 1. The third-order valence-corrected chi connectivity index (χ3v) is 5.65. The Kier molecular flexibility index (Phi) is 10.9. The number of hydrogen-bond acceptors (Lipinski definition) is 4. The van der Waals surface area contributed by atoms with E-state index in [0.29, 0.717) is 0 Å². The van der Waals surface area contributed by atoms with E-state index in [0.717, 1.165) is 57.1 Å². The Hall–Kier alpha value is -1.09. The van der Waals surface area contributed by atoms with Crippen molar-refractivity contribution in [3.8, 4) is 0 Å². The van der Waals surface area contributed by atoms with E-state index in [1.165, 1.54) is 50.5 Å². The van der Waals surface area contributed by atoms with Gasteiger partial charge < -0.3 is 20.3 Å². The van der Waals surface area contributed by atoms with Gasteiger partial charge >= 0.3 is 0 Å². The van der Waals surface area contributed by atoms with Crippen LogP contribution in [-0.4, -0.2) is 50.8 Å². The van der Waals surface area contributed by atoms with Crippen LogP contribution in [0.25, 0.3) is 0 Å². The normalized spacial score (nSPS) is 18.5. The topological polar surface area (TPSA) is 61.8 Å². The van der Waals surface area contributed by atoms with Gasteiger partial charge in [0, 0.05) is 45.0 Å². The number of anilines is 1. The van der Waals surface area contributed by atoms with Crippen molar-refractivity contribution in [2.75, 3.05) is 44.8 Å². The Morgan fingerprint density at radius 1 is 1.21 bits per heavy atom. The molecule has 0 bridgehead atoms. The van der Waals surface area contributed by atoms with Gasteiger partial charge in [-0.2, -0.15) is 0 Å². The molecule has 7 heteroatoms. The fourth-order valence-corrected chi connectivity index (χ4v) is 4.10. The van der Waals surface area contributed by atoms with Gasteiger partial charge in [0.15, 0.2) is 5.96 Å². The van der Waals surface area contributed by atoms with Gasteiger partial charge in [-0.1, -0.05) is 38.2 Å². The molecule has 158 valence electrons. The standard InChI is InChI=1S/C21H35N5O.HI/c1-22-21(24-12-5-9-18-7-3-2-4-8-18)25-17-19-10-6-11-23-20(19)26-13-15-27-16-14-26;/h6,10-11,18H,2-5,7-9,12-17H2,1H3,(H2,22,24,25);1H. The number of aromatic nitrogens is 1. The van der Waals surface area contributed by atoms with Crippen LogP contribution < -0.4 is 15.5 Å². The van der Waals surface area contributed by atoms with E-state index in [2.05, 4.69) is 31.6 Å². The number of ether oxygens (including phenoxy) is 1. The van der Waals surface area contributed by atoms with Crippen molar-refractivity contribution in [3.05, 3.63) is 23.9 Å². The fraction of sp³-hybridized carbons (Fsp3) is 0.714. The van der Waals surface area contributed by atoms with Crippen molar-refractivity contribution < 1.29 is 4.74 Å². The highest BCUT2D eigenvalue weighted by atomic mass is 127. The average Bonchev–Trinajstić information content (AvgIpc) is 2.75. The van der Waals surface area contributed by atoms with E-state index in [9.17, 15) is 0 Å². The molecule has 1 aliphatic carbocycles. The van der Waals surface area contributed by atoms with Gasteiger partial charge in [-0.3, -0.25) is 4.99 Å². The summed E-state index contributed by atoms with van der Waals surface area (Å²) in [6.07, 6.45) is 11.6. The van der Waals surface area contributed by atoms with E-state index in [1.807, 2.05) is 19.3 Å². The highest BCUT2D eigenvalue weighted by Gasteiger charge is 2.16. The van der Waals surface area contributed by atoms with Gasteiger partial charge in [0.1, 0.15) is 5.82 Å². The Morgan fingerprint density at radius 3 is 2.75 bits per heavy atom. The van der Waals surface area contributed by atoms with Gasteiger partial charge in [0.25, 0.3) is 0 Å². The first-order valence-electron chi connectivity index (χ1n) is 10.6. The van der Waals surface area contributed by atoms with Gasteiger partial charge in [-0.25, -0.2) is 4.98 Å². The van der Waals surface area contributed by atoms with Crippen molar-refractivity contribution in [1.82, 2.24) is 15.6 Å². The molecule has 2 heterocycles. The molecule has 0 aromatic carbocycles. The average molecular weight is 501 g/mol. The van der Waals surface area contributed by atoms with Crippen molar-refractivity contribution in [3.63, 3.8) is 0 Å². The molecule has 2 N–H and O–H groups in total. The maximum Gasteiger partial charge on any atom is 0.191 e.